The zero-order chi connectivity index (χ0) is 35.1. The van der Waals surface area contributed by atoms with Gasteiger partial charge in [0.1, 0.15) is 30.5 Å². The van der Waals surface area contributed by atoms with Crippen LogP contribution < -0.4 is 5.32 Å². The van der Waals surface area contributed by atoms with Gasteiger partial charge in [-0.25, -0.2) is 4.18 Å². The summed E-state index contributed by atoms with van der Waals surface area (Å²) in [5.74, 6) is -0.681. The minimum atomic E-state index is -5.09. The molecule has 8 atom stereocenters. The van der Waals surface area contributed by atoms with Crippen molar-refractivity contribution in [2.45, 2.75) is 191 Å². The summed E-state index contributed by atoms with van der Waals surface area (Å²) < 4.78 is 46.9. The lowest BCUT2D eigenvalue weighted by Crippen LogP contribution is -2.61. The molecule has 1 aliphatic rings. The van der Waals surface area contributed by atoms with E-state index in [0.29, 0.717) is 19.3 Å². The van der Waals surface area contributed by atoms with E-state index >= 15 is 0 Å². The van der Waals surface area contributed by atoms with E-state index in [1.165, 1.54) is 70.6 Å². The van der Waals surface area contributed by atoms with Gasteiger partial charge in [0.25, 0.3) is 0 Å². The molecule has 0 radical (unpaired) electrons. The zero-order valence-corrected chi connectivity index (χ0v) is 29.5. The van der Waals surface area contributed by atoms with E-state index in [2.05, 4.69) is 16.4 Å². The van der Waals surface area contributed by atoms with Crippen molar-refractivity contribution in [2.75, 3.05) is 13.2 Å². The second-order valence-corrected chi connectivity index (χ2v) is 14.0. The lowest BCUT2D eigenvalue weighted by molar-refractivity contribution is -0.298. The van der Waals surface area contributed by atoms with Crippen LogP contribution in [0.15, 0.2) is 0 Å². The fourth-order valence-electron chi connectivity index (χ4n) is 5.82. The number of amides is 1. The Hall–Kier alpha value is -0.940. The molecule has 1 amide bonds. The van der Waals surface area contributed by atoms with Gasteiger partial charge in [-0.15, -0.1) is 0 Å². The van der Waals surface area contributed by atoms with Crippen LogP contribution in [-0.4, -0.2) is 107 Å². The van der Waals surface area contributed by atoms with Crippen molar-refractivity contribution < 1.29 is 57.0 Å². The molecule has 1 aliphatic heterocycles. The van der Waals surface area contributed by atoms with Crippen LogP contribution in [0.5, 0.6) is 0 Å². The Labute approximate surface area is 282 Å². The number of hydrogen-bond acceptors (Lipinski definition) is 11. The predicted molar refractivity (Wildman–Crippen MR) is 178 cm³/mol. The third-order valence-corrected chi connectivity index (χ3v) is 9.24. The summed E-state index contributed by atoms with van der Waals surface area (Å²) in [5.41, 5.74) is 0. The molecule has 0 spiro atoms. The normalized spacial score (nSPS) is 23.8. The molecule has 0 aromatic heterocycles. The molecular weight excluding hydrogens is 634 g/mol. The molecule has 14 heteroatoms. The van der Waals surface area contributed by atoms with Crippen LogP contribution in [-0.2, 0) is 28.9 Å². The van der Waals surface area contributed by atoms with Gasteiger partial charge in [-0.1, -0.05) is 129 Å². The number of rotatable bonds is 29. The lowest BCUT2D eigenvalue weighted by Gasteiger charge is -2.41. The first-order valence-corrected chi connectivity index (χ1v) is 19.4. The minimum Gasteiger partial charge on any atom is -0.394 e. The van der Waals surface area contributed by atoms with Crippen molar-refractivity contribution in [3.63, 3.8) is 0 Å². The highest BCUT2D eigenvalue weighted by atomic mass is 32.3. The van der Waals surface area contributed by atoms with E-state index in [1.807, 2.05) is 6.92 Å². The standard InChI is InChI=1S/C33H65NO12S/c1-3-5-7-8-9-10-11-12-13-14-15-16-17-18-20-22-27(37)32(40)34-25(26(36)21-19-6-4-2)24-44-33-30(39)31(46-47(41,42)43)29(38)28(23-35)45-33/h25-31,33,35-39H,3-24H2,1-2H3,(H,34,40)(H,41,42,43). The Morgan fingerprint density at radius 2 is 1.23 bits per heavy atom. The largest absolute Gasteiger partial charge is 0.397 e. The summed E-state index contributed by atoms with van der Waals surface area (Å²) in [6, 6.07) is -1.02. The van der Waals surface area contributed by atoms with Gasteiger partial charge < -0.3 is 40.3 Å². The van der Waals surface area contributed by atoms with E-state index in [9.17, 15) is 38.7 Å². The molecule has 7 N–H and O–H groups in total. The van der Waals surface area contributed by atoms with Crippen LogP contribution in [0, 0.1) is 0 Å². The molecular formula is C33H65NO12S. The lowest BCUT2D eigenvalue weighted by atomic mass is 9.99. The molecule has 0 saturated carbocycles. The second-order valence-electron chi connectivity index (χ2n) is 13.0. The van der Waals surface area contributed by atoms with Crippen molar-refractivity contribution in [3.05, 3.63) is 0 Å². The predicted octanol–water partition coefficient (Wildman–Crippen LogP) is 3.68. The first-order valence-electron chi connectivity index (χ1n) is 18.0. The van der Waals surface area contributed by atoms with Crippen LogP contribution in [0.2, 0.25) is 0 Å². The maximum Gasteiger partial charge on any atom is 0.397 e. The molecule has 1 saturated heterocycles. The fourth-order valence-corrected chi connectivity index (χ4v) is 6.32. The molecule has 0 aromatic carbocycles. The number of carbonyl (C=O) groups is 1. The van der Waals surface area contributed by atoms with Gasteiger partial charge in [-0.05, 0) is 12.8 Å². The highest BCUT2D eigenvalue weighted by Gasteiger charge is 2.48. The molecule has 1 heterocycles. The Kier molecular flexibility index (Phi) is 24.3. The van der Waals surface area contributed by atoms with Gasteiger partial charge in [0.15, 0.2) is 6.29 Å². The molecule has 47 heavy (non-hydrogen) atoms. The molecule has 0 aromatic rings. The minimum absolute atomic E-state index is 0.263. The Balaban J connectivity index is 2.49. The Morgan fingerprint density at radius 3 is 1.72 bits per heavy atom. The van der Waals surface area contributed by atoms with E-state index in [4.69, 9.17) is 14.0 Å². The first kappa shape index (κ1) is 44.1. The van der Waals surface area contributed by atoms with Gasteiger partial charge in [0, 0.05) is 0 Å². The van der Waals surface area contributed by atoms with E-state index in [1.54, 1.807) is 0 Å². The van der Waals surface area contributed by atoms with Gasteiger partial charge in [-0.3, -0.25) is 9.35 Å². The summed E-state index contributed by atoms with van der Waals surface area (Å²) in [6.45, 7) is 3.04. The van der Waals surface area contributed by atoms with Gasteiger partial charge >= 0.3 is 10.4 Å². The summed E-state index contributed by atoms with van der Waals surface area (Å²) in [7, 11) is -5.09. The number of ether oxygens (including phenoxy) is 2. The first-order chi connectivity index (χ1) is 22.4. The molecule has 1 fully saturated rings. The van der Waals surface area contributed by atoms with Gasteiger partial charge in [-0.2, -0.15) is 8.42 Å². The highest BCUT2D eigenvalue weighted by molar-refractivity contribution is 7.80. The van der Waals surface area contributed by atoms with Crippen molar-refractivity contribution in [3.8, 4) is 0 Å². The molecule has 8 unspecified atom stereocenters. The topological polar surface area (TPSA) is 212 Å². The monoisotopic (exact) mass is 699 g/mol. The van der Waals surface area contributed by atoms with Gasteiger partial charge in [0.2, 0.25) is 5.91 Å². The van der Waals surface area contributed by atoms with Crippen LogP contribution in [0.1, 0.15) is 142 Å². The van der Waals surface area contributed by atoms with Crippen molar-refractivity contribution >= 4 is 16.3 Å². The van der Waals surface area contributed by atoms with Gasteiger partial charge in [0.05, 0.1) is 25.4 Å². The van der Waals surface area contributed by atoms with Crippen LogP contribution in [0.25, 0.3) is 0 Å². The van der Waals surface area contributed by atoms with E-state index < -0.39 is 78.5 Å². The van der Waals surface area contributed by atoms with Crippen molar-refractivity contribution in [1.29, 1.82) is 0 Å². The summed E-state index contributed by atoms with van der Waals surface area (Å²) >= 11 is 0. The van der Waals surface area contributed by atoms with Crippen LogP contribution in [0.3, 0.4) is 0 Å². The average Bonchev–Trinajstić information content (AvgIpc) is 3.03. The molecule has 1 rings (SSSR count). The van der Waals surface area contributed by atoms with E-state index in [0.717, 1.165) is 32.1 Å². The molecule has 0 bridgehead atoms. The third-order valence-electron chi connectivity index (χ3n) is 8.77. The number of nitrogens with one attached hydrogen (secondary N) is 1. The summed E-state index contributed by atoms with van der Waals surface area (Å²) in [4.78, 5) is 12.8. The maximum atomic E-state index is 12.8. The number of hydrogen-bond donors (Lipinski definition) is 7. The summed E-state index contributed by atoms with van der Waals surface area (Å²) in [6.07, 6.45) is 10.0. The third kappa shape index (κ3) is 19.7. The highest BCUT2D eigenvalue weighted by Crippen LogP contribution is 2.26. The van der Waals surface area contributed by atoms with Crippen LogP contribution in [0.4, 0.5) is 0 Å². The quantitative estimate of drug-likeness (QED) is 0.0440. The molecule has 280 valence electrons. The average molecular weight is 700 g/mol. The Morgan fingerprint density at radius 1 is 0.766 bits per heavy atom. The molecule has 13 nitrogen and oxygen atoms in total. The SMILES string of the molecule is CCCCCCCCCCCCCCCCCC(O)C(=O)NC(COC1OC(CO)C(O)C(OS(=O)(=O)O)C1O)C(O)CCCCC. The zero-order valence-electron chi connectivity index (χ0n) is 28.7. The van der Waals surface area contributed by atoms with E-state index in [-0.39, 0.29) is 6.42 Å². The number of aliphatic hydroxyl groups is 5. The Bertz CT molecular complexity index is 895. The molecule has 0 aliphatic carbocycles. The number of carbonyl (C=O) groups excluding carboxylic acids is 1. The van der Waals surface area contributed by atoms with Crippen molar-refractivity contribution in [2.24, 2.45) is 0 Å². The fraction of sp³-hybridized carbons (Fsp3) is 0.970. The smallest absolute Gasteiger partial charge is 0.394 e. The van der Waals surface area contributed by atoms with Crippen LogP contribution >= 0.6 is 0 Å². The summed E-state index contributed by atoms with van der Waals surface area (Å²) in [5, 5.41) is 54.3. The number of aliphatic hydroxyl groups excluding tert-OH is 5. The van der Waals surface area contributed by atoms with Crippen molar-refractivity contribution in [1.82, 2.24) is 5.32 Å². The number of unbranched alkanes of at least 4 members (excludes halogenated alkanes) is 16. The second kappa shape index (κ2) is 25.9. The maximum absolute atomic E-state index is 12.8.